The van der Waals surface area contributed by atoms with Crippen molar-refractivity contribution in [2.45, 2.75) is 38.6 Å². The highest BCUT2D eigenvalue weighted by molar-refractivity contribution is 7.93. The second-order valence-electron chi connectivity index (χ2n) is 4.84. The zero-order valence-electron chi connectivity index (χ0n) is 12.1. The molecule has 0 aliphatic carbocycles. The molecule has 9 heteroatoms. The van der Waals surface area contributed by atoms with Crippen LogP contribution in [0.4, 0.5) is 5.13 Å². The molecule has 0 saturated heterocycles. The summed E-state index contributed by atoms with van der Waals surface area (Å²) in [6, 6.07) is 0.0698. The predicted molar refractivity (Wildman–Crippen MR) is 80.3 cm³/mol. The van der Waals surface area contributed by atoms with Crippen molar-refractivity contribution in [3.63, 3.8) is 0 Å². The zero-order valence-corrected chi connectivity index (χ0v) is 13.7. The molecule has 0 saturated carbocycles. The summed E-state index contributed by atoms with van der Waals surface area (Å²) in [6.45, 7) is 6.93. The van der Waals surface area contributed by atoms with Gasteiger partial charge in [-0.2, -0.15) is 5.10 Å². The molecule has 0 atom stereocenters. The number of hydrogen-bond acceptors (Lipinski definition) is 6. The minimum atomic E-state index is -3.75. The third kappa shape index (κ3) is 3.30. The van der Waals surface area contributed by atoms with E-state index in [1.165, 1.54) is 19.3 Å². The van der Waals surface area contributed by atoms with E-state index in [9.17, 15) is 13.2 Å². The molecule has 1 N–H and O–H groups in total. The van der Waals surface area contributed by atoms with Gasteiger partial charge in [0.25, 0.3) is 10.0 Å². The highest BCUT2D eigenvalue weighted by atomic mass is 32.2. The average Bonchev–Trinajstić information content (AvgIpc) is 2.95. The molecular formula is C12H16N4O3S2. The standard InChI is InChI=1S/C12H16N4O3S2/c1-7(2)16-6-10(5-13-16)21(18,19)15-12-14-11(8(3)17)9(4)20-12/h5-7H,1-4H3,(H,14,15). The quantitative estimate of drug-likeness (QED) is 0.849. The predicted octanol–water partition coefficient (Wildman–Crippen LogP) is 2.23. The third-order valence-corrected chi connectivity index (χ3v) is 5.08. The molecule has 21 heavy (non-hydrogen) atoms. The first kappa shape index (κ1) is 15.6. The summed E-state index contributed by atoms with van der Waals surface area (Å²) in [6.07, 6.45) is 2.74. The van der Waals surface area contributed by atoms with Crippen molar-refractivity contribution < 1.29 is 13.2 Å². The van der Waals surface area contributed by atoms with E-state index in [0.717, 1.165) is 11.3 Å². The maximum Gasteiger partial charge on any atom is 0.266 e. The summed E-state index contributed by atoms with van der Waals surface area (Å²) in [5.41, 5.74) is 0.288. The molecule has 0 bridgehead atoms. The van der Waals surface area contributed by atoms with Crippen LogP contribution in [0.15, 0.2) is 17.3 Å². The van der Waals surface area contributed by atoms with Gasteiger partial charge in [-0.25, -0.2) is 13.4 Å². The fourth-order valence-electron chi connectivity index (χ4n) is 1.68. The van der Waals surface area contributed by atoms with Crippen molar-refractivity contribution in [3.8, 4) is 0 Å². The van der Waals surface area contributed by atoms with Gasteiger partial charge in [0.2, 0.25) is 0 Å². The molecule has 0 unspecified atom stereocenters. The molecule has 0 spiro atoms. The monoisotopic (exact) mass is 328 g/mol. The van der Waals surface area contributed by atoms with Crippen LogP contribution in [0, 0.1) is 6.92 Å². The van der Waals surface area contributed by atoms with Gasteiger partial charge in [0.1, 0.15) is 10.6 Å². The van der Waals surface area contributed by atoms with Crippen LogP contribution in [0.25, 0.3) is 0 Å². The Kier molecular flexibility index (Phi) is 4.15. The van der Waals surface area contributed by atoms with Crippen molar-refractivity contribution >= 4 is 32.3 Å². The fourth-order valence-corrected chi connectivity index (χ4v) is 3.72. The Labute approximate surface area is 127 Å². The summed E-state index contributed by atoms with van der Waals surface area (Å²) in [5, 5.41) is 4.18. The average molecular weight is 328 g/mol. The number of nitrogens with one attached hydrogen (secondary N) is 1. The molecule has 2 aromatic rings. The number of carbonyl (C=O) groups excluding carboxylic acids is 1. The molecule has 0 amide bonds. The Morgan fingerprint density at radius 3 is 2.57 bits per heavy atom. The lowest BCUT2D eigenvalue weighted by atomic mass is 10.3. The Hall–Kier alpha value is -1.74. The largest absolute Gasteiger partial charge is 0.293 e. The van der Waals surface area contributed by atoms with E-state index < -0.39 is 10.0 Å². The second-order valence-corrected chi connectivity index (χ2v) is 7.72. The third-order valence-electron chi connectivity index (χ3n) is 2.77. The number of aromatic nitrogens is 3. The lowest BCUT2D eigenvalue weighted by Gasteiger charge is -2.04. The van der Waals surface area contributed by atoms with Crippen molar-refractivity contribution in [1.29, 1.82) is 0 Å². The summed E-state index contributed by atoms with van der Waals surface area (Å²) < 4.78 is 28.4. The van der Waals surface area contributed by atoms with Crippen LogP contribution in [0.3, 0.4) is 0 Å². The second kappa shape index (κ2) is 5.57. The van der Waals surface area contributed by atoms with Gasteiger partial charge < -0.3 is 0 Å². The Bertz CT molecular complexity index is 774. The van der Waals surface area contributed by atoms with E-state index in [2.05, 4.69) is 14.8 Å². The summed E-state index contributed by atoms with van der Waals surface area (Å²) in [7, 11) is -3.75. The topological polar surface area (TPSA) is 93.9 Å². The molecule has 114 valence electrons. The lowest BCUT2D eigenvalue weighted by Crippen LogP contribution is -2.12. The number of thiazole rings is 1. The van der Waals surface area contributed by atoms with E-state index in [0.29, 0.717) is 4.88 Å². The Morgan fingerprint density at radius 1 is 1.43 bits per heavy atom. The minimum absolute atomic E-state index is 0.0634. The number of Topliss-reactive ketones (excluding diaryl/α,β-unsaturated/α-hetero) is 1. The van der Waals surface area contributed by atoms with Gasteiger partial charge in [-0.3, -0.25) is 14.2 Å². The van der Waals surface area contributed by atoms with E-state index in [-0.39, 0.29) is 27.5 Å². The molecule has 0 fully saturated rings. The SMILES string of the molecule is CC(=O)c1nc(NS(=O)(=O)c2cnn(C(C)C)c2)sc1C. The first-order valence-electron chi connectivity index (χ1n) is 6.26. The first-order chi connectivity index (χ1) is 9.70. The molecule has 0 aliphatic rings. The van der Waals surface area contributed by atoms with Gasteiger partial charge in [0.15, 0.2) is 10.9 Å². The Balaban J connectivity index is 2.28. The minimum Gasteiger partial charge on any atom is -0.293 e. The zero-order chi connectivity index (χ0) is 15.8. The van der Waals surface area contributed by atoms with Crippen molar-refractivity contribution in [3.05, 3.63) is 23.0 Å². The Morgan fingerprint density at radius 2 is 2.10 bits per heavy atom. The normalized spacial score (nSPS) is 11.9. The number of ketones is 1. The first-order valence-corrected chi connectivity index (χ1v) is 8.56. The van der Waals surface area contributed by atoms with Crippen LogP contribution in [0.2, 0.25) is 0 Å². The van der Waals surface area contributed by atoms with Crippen LogP contribution in [0.1, 0.15) is 42.2 Å². The number of hydrogen-bond donors (Lipinski definition) is 1. The van der Waals surface area contributed by atoms with E-state index in [4.69, 9.17) is 0 Å². The van der Waals surface area contributed by atoms with Crippen LogP contribution in [-0.4, -0.2) is 29.0 Å². The lowest BCUT2D eigenvalue weighted by molar-refractivity contribution is 0.101. The van der Waals surface area contributed by atoms with Gasteiger partial charge in [0.05, 0.1) is 6.20 Å². The molecule has 2 heterocycles. The number of anilines is 1. The summed E-state index contributed by atoms with van der Waals surface area (Å²) >= 11 is 1.13. The molecular weight excluding hydrogens is 312 g/mol. The van der Waals surface area contributed by atoms with Crippen LogP contribution in [0.5, 0.6) is 0 Å². The van der Waals surface area contributed by atoms with Crippen molar-refractivity contribution in [2.24, 2.45) is 0 Å². The number of rotatable bonds is 5. The van der Waals surface area contributed by atoms with Gasteiger partial charge in [-0.05, 0) is 20.8 Å². The van der Waals surface area contributed by atoms with Crippen LogP contribution in [-0.2, 0) is 10.0 Å². The maximum absolute atomic E-state index is 12.2. The van der Waals surface area contributed by atoms with Crippen LogP contribution < -0.4 is 4.72 Å². The van der Waals surface area contributed by atoms with Crippen LogP contribution >= 0.6 is 11.3 Å². The molecule has 0 aromatic carbocycles. The van der Waals surface area contributed by atoms with Gasteiger partial charge >= 0.3 is 0 Å². The maximum atomic E-state index is 12.2. The number of nitrogens with zero attached hydrogens (tertiary/aromatic N) is 3. The van der Waals surface area contributed by atoms with Gasteiger partial charge in [-0.15, -0.1) is 11.3 Å². The van der Waals surface area contributed by atoms with Crippen molar-refractivity contribution in [1.82, 2.24) is 14.8 Å². The molecule has 2 aromatic heterocycles. The highest BCUT2D eigenvalue weighted by Gasteiger charge is 2.20. The van der Waals surface area contributed by atoms with E-state index >= 15 is 0 Å². The van der Waals surface area contributed by atoms with E-state index in [1.54, 1.807) is 11.6 Å². The summed E-state index contributed by atoms with van der Waals surface area (Å²) in [5.74, 6) is -0.193. The van der Waals surface area contributed by atoms with E-state index in [1.807, 2.05) is 13.8 Å². The van der Waals surface area contributed by atoms with Gasteiger partial charge in [0, 0.05) is 24.0 Å². The molecule has 7 nitrogen and oxygen atoms in total. The molecule has 0 aliphatic heterocycles. The molecule has 0 radical (unpaired) electrons. The van der Waals surface area contributed by atoms with Gasteiger partial charge in [-0.1, -0.05) is 0 Å². The smallest absolute Gasteiger partial charge is 0.266 e. The number of aryl methyl sites for hydroxylation is 1. The summed E-state index contributed by atoms with van der Waals surface area (Å²) in [4.78, 5) is 16.1. The molecule has 2 rings (SSSR count). The highest BCUT2D eigenvalue weighted by Crippen LogP contribution is 2.25. The van der Waals surface area contributed by atoms with Crippen molar-refractivity contribution in [2.75, 3.05) is 4.72 Å². The number of sulfonamides is 1. The number of carbonyl (C=O) groups is 1. The fraction of sp³-hybridized carbons (Fsp3) is 0.417.